The minimum atomic E-state index is -0.0210. The number of amides is 1. The molecule has 0 saturated carbocycles. The molecular weight excluding hydrogens is 240 g/mol. The molecule has 100 valence electrons. The Morgan fingerprint density at radius 2 is 2.00 bits per heavy atom. The van der Waals surface area contributed by atoms with Crippen LogP contribution in [0.2, 0.25) is 0 Å². The van der Waals surface area contributed by atoms with E-state index in [0.717, 1.165) is 22.6 Å². The molecule has 1 heterocycles. The summed E-state index contributed by atoms with van der Waals surface area (Å²) in [7, 11) is 0. The molecule has 0 saturated heterocycles. The van der Waals surface area contributed by atoms with Crippen molar-refractivity contribution in [1.29, 1.82) is 0 Å². The fourth-order valence-electron chi connectivity index (χ4n) is 2.09. The highest BCUT2D eigenvalue weighted by atomic mass is 16.3. The molecule has 0 fully saturated rings. The van der Waals surface area contributed by atoms with Crippen LogP contribution in [0, 0.1) is 13.8 Å². The van der Waals surface area contributed by atoms with Gasteiger partial charge in [-0.15, -0.1) is 0 Å². The molecule has 0 bridgehead atoms. The largest absolute Gasteiger partial charge is 0.469 e. The lowest BCUT2D eigenvalue weighted by atomic mass is 10.1. The first-order chi connectivity index (χ1) is 9.06. The zero-order valence-electron chi connectivity index (χ0n) is 11.2. The topological polar surface area (TPSA) is 68.3 Å². The Labute approximate surface area is 112 Å². The second-order valence-electron chi connectivity index (χ2n) is 4.66. The number of carbonyl (C=O) groups excluding carboxylic acids is 1. The van der Waals surface area contributed by atoms with Gasteiger partial charge in [0.25, 0.3) is 0 Å². The second-order valence-corrected chi connectivity index (χ2v) is 4.66. The molecule has 4 nitrogen and oxygen atoms in total. The molecular formula is C15H18N2O2. The zero-order chi connectivity index (χ0) is 13.8. The van der Waals surface area contributed by atoms with Gasteiger partial charge in [0.15, 0.2) is 0 Å². The van der Waals surface area contributed by atoms with Crippen molar-refractivity contribution in [3.05, 3.63) is 47.4 Å². The van der Waals surface area contributed by atoms with Gasteiger partial charge in [-0.1, -0.05) is 0 Å². The third kappa shape index (κ3) is 3.37. The summed E-state index contributed by atoms with van der Waals surface area (Å²) in [6.07, 6.45) is 2.62. The summed E-state index contributed by atoms with van der Waals surface area (Å²) >= 11 is 0. The Hall–Kier alpha value is -2.23. The fourth-order valence-corrected chi connectivity index (χ4v) is 2.09. The molecule has 0 atom stereocenters. The van der Waals surface area contributed by atoms with E-state index in [9.17, 15) is 4.79 Å². The van der Waals surface area contributed by atoms with Gasteiger partial charge in [0.2, 0.25) is 5.91 Å². The second kappa shape index (κ2) is 5.61. The van der Waals surface area contributed by atoms with Crippen LogP contribution in [0.25, 0.3) is 0 Å². The molecule has 4 heteroatoms. The molecule has 0 spiro atoms. The molecule has 1 amide bonds. The van der Waals surface area contributed by atoms with Crippen molar-refractivity contribution < 1.29 is 9.21 Å². The van der Waals surface area contributed by atoms with E-state index >= 15 is 0 Å². The van der Waals surface area contributed by atoms with E-state index in [2.05, 4.69) is 5.32 Å². The van der Waals surface area contributed by atoms with Crippen molar-refractivity contribution in [2.45, 2.75) is 26.7 Å². The van der Waals surface area contributed by atoms with Crippen molar-refractivity contribution >= 4 is 17.3 Å². The van der Waals surface area contributed by atoms with Crippen LogP contribution < -0.4 is 11.1 Å². The van der Waals surface area contributed by atoms with E-state index in [-0.39, 0.29) is 5.91 Å². The van der Waals surface area contributed by atoms with Crippen molar-refractivity contribution in [2.24, 2.45) is 0 Å². The number of nitrogen functional groups attached to an aromatic ring is 1. The van der Waals surface area contributed by atoms with Crippen molar-refractivity contribution in [2.75, 3.05) is 11.1 Å². The van der Waals surface area contributed by atoms with Crippen LogP contribution in [-0.2, 0) is 11.2 Å². The maximum Gasteiger partial charge on any atom is 0.224 e. The Morgan fingerprint density at radius 1 is 1.32 bits per heavy atom. The SMILES string of the molecule is Cc1cc(N)cc(C)c1NC(=O)CCc1ccco1. The zero-order valence-corrected chi connectivity index (χ0v) is 11.2. The minimum Gasteiger partial charge on any atom is -0.469 e. The molecule has 2 aromatic rings. The minimum absolute atomic E-state index is 0.0210. The predicted octanol–water partition coefficient (Wildman–Crippen LogP) is 3.05. The van der Waals surface area contributed by atoms with Gasteiger partial charge in [-0.2, -0.15) is 0 Å². The summed E-state index contributed by atoms with van der Waals surface area (Å²) in [6.45, 7) is 3.87. The number of rotatable bonds is 4. The third-order valence-corrected chi connectivity index (χ3v) is 3.00. The van der Waals surface area contributed by atoms with Gasteiger partial charge in [0, 0.05) is 24.2 Å². The normalized spacial score (nSPS) is 10.4. The molecule has 1 aromatic carbocycles. The summed E-state index contributed by atoms with van der Waals surface area (Å²) in [6, 6.07) is 7.40. The van der Waals surface area contributed by atoms with Gasteiger partial charge >= 0.3 is 0 Å². The van der Waals surface area contributed by atoms with Gasteiger partial charge in [-0.3, -0.25) is 4.79 Å². The first-order valence-corrected chi connectivity index (χ1v) is 6.25. The monoisotopic (exact) mass is 258 g/mol. The number of hydrogen-bond donors (Lipinski definition) is 2. The lowest BCUT2D eigenvalue weighted by molar-refractivity contribution is -0.116. The summed E-state index contributed by atoms with van der Waals surface area (Å²) in [4.78, 5) is 11.9. The Bertz CT molecular complexity index is 551. The maximum absolute atomic E-state index is 11.9. The number of aryl methyl sites for hydroxylation is 3. The Balaban J connectivity index is 1.99. The average molecular weight is 258 g/mol. The lowest BCUT2D eigenvalue weighted by Crippen LogP contribution is -2.14. The van der Waals surface area contributed by atoms with Crippen molar-refractivity contribution in [3.63, 3.8) is 0 Å². The molecule has 3 N–H and O–H groups in total. The number of nitrogens with two attached hydrogens (primary N) is 1. The molecule has 19 heavy (non-hydrogen) atoms. The predicted molar refractivity (Wildman–Crippen MR) is 76.0 cm³/mol. The van der Waals surface area contributed by atoms with Crippen LogP contribution in [0.15, 0.2) is 34.9 Å². The molecule has 0 radical (unpaired) electrons. The standard InChI is InChI=1S/C15H18N2O2/c1-10-8-12(16)9-11(2)15(10)17-14(18)6-5-13-4-3-7-19-13/h3-4,7-9H,5-6,16H2,1-2H3,(H,17,18). The Kier molecular flexibility index (Phi) is 3.90. The first kappa shape index (κ1) is 13.2. The summed E-state index contributed by atoms with van der Waals surface area (Å²) in [5.74, 6) is 0.799. The van der Waals surface area contributed by atoms with Gasteiger partial charge in [0.1, 0.15) is 5.76 Å². The van der Waals surface area contributed by atoms with Crippen LogP contribution in [-0.4, -0.2) is 5.91 Å². The number of carbonyl (C=O) groups is 1. The Morgan fingerprint density at radius 3 is 2.58 bits per heavy atom. The molecule has 1 aromatic heterocycles. The first-order valence-electron chi connectivity index (χ1n) is 6.25. The quantitative estimate of drug-likeness (QED) is 0.828. The van der Waals surface area contributed by atoms with E-state index in [4.69, 9.17) is 10.2 Å². The number of nitrogens with one attached hydrogen (secondary N) is 1. The number of anilines is 2. The van der Waals surface area contributed by atoms with Crippen molar-refractivity contribution in [3.8, 4) is 0 Å². The average Bonchev–Trinajstić information content (AvgIpc) is 2.84. The highest BCUT2D eigenvalue weighted by Gasteiger charge is 2.09. The van der Waals surface area contributed by atoms with Gasteiger partial charge in [-0.25, -0.2) is 0 Å². The lowest BCUT2D eigenvalue weighted by Gasteiger charge is -2.12. The van der Waals surface area contributed by atoms with Gasteiger partial charge in [-0.05, 0) is 49.2 Å². The van der Waals surface area contributed by atoms with Crippen LogP contribution in [0.1, 0.15) is 23.3 Å². The fraction of sp³-hybridized carbons (Fsp3) is 0.267. The van der Waals surface area contributed by atoms with Crippen molar-refractivity contribution in [1.82, 2.24) is 0 Å². The van der Waals surface area contributed by atoms with E-state index in [1.165, 1.54) is 0 Å². The third-order valence-electron chi connectivity index (χ3n) is 3.00. The summed E-state index contributed by atoms with van der Waals surface area (Å²) < 4.78 is 5.20. The number of hydrogen-bond acceptors (Lipinski definition) is 3. The highest BCUT2D eigenvalue weighted by molar-refractivity contribution is 5.92. The van der Waals surface area contributed by atoms with E-state index in [1.807, 2.05) is 38.1 Å². The number of benzene rings is 1. The molecule has 0 aliphatic rings. The number of furan rings is 1. The molecule has 0 aliphatic heterocycles. The molecule has 2 rings (SSSR count). The maximum atomic E-state index is 11.9. The van der Waals surface area contributed by atoms with Crippen LogP contribution >= 0.6 is 0 Å². The van der Waals surface area contributed by atoms with E-state index in [1.54, 1.807) is 6.26 Å². The van der Waals surface area contributed by atoms with Gasteiger partial charge < -0.3 is 15.5 Å². The van der Waals surface area contributed by atoms with Crippen LogP contribution in [0.4, 0.5) is 11.4 Å². The van der Waals surface area contributed by atoms with E-state index in [0.29, 0.717) is 18.5 Å². The molecule has 0 unspecified atom stereocenters. The smallest absolute Gasteiger partial charge is 0.224 e. The summed E-state index contributed by atoms with van der Waals surface area (Å²) in [5.41, 5.74) is 9.27. The highest BCUT2D eigenvalue weighted by Crippen LogP contribution is 2.23. The van der Waals surface area contributed by atoms with Crippen LogP contribution in [0.3, 0.4) is 0 Å². The van der Waals surface area contributed by atoms with Gasteiger partial charge in [0.05, 0.1) is 6.26 Å². The molecule has 0 aliphatic carbocycles. The summed E-state index contributed by atoms with van der Waals surface area (Å²) in [5, 5.41) is 2.93. The van der Waals surface area contributed by atoms with Crippen LogP contribution in [0.5, 0.6) is 0 Å². The van der Waals surface area contributed by atoms with E-state index < -0.39 is 0 Å².